The molecule has 0 saturated heterocycles. The van der Waals surface area contributed by atoms with E-state index in [1.165, 1.54) is 0 Å². The van der Waals surface area contributed by atoms with Crippen LogP contribution in [0.3, 0.4) is 0 Å². The molecule has 1 aromatic carbocycles. The predicted molar refractivity (Wildman–Crippen MR) is 51.4 cm³/mol. The molecular formula is C10H15NO2. The second-order valence-corrected chi connectivity index (χ2v) is 2.92. The van der Waals surface area contributed by atoms with Gasteiger partial charge >= 0.3 is 0 Å². The van der Waals surface area contributed by atoms with E-state index < -0.39 is 5.79 Å². The van der Waals surface area contributed by atoms with Crippen LogP contribution in [-0.4, -0.2) is 17.4 Å². The quantitative estimate of drug-likeness (QED) is 0.684. The minimum Gasteiger partial charge on any atom is -0.461 e. The third kappa shape index (κ3) is 2.72. The Morgan fingerprint density at radius 3 is 2.46 bits per heavy atom. The number of para-hydroxylation sites is 1. The average Bonchev–Trinajstić information content (AvgIpc) is 2.19. The zero-order valence-corrected chi connectivity index (χ0v) is 7.73. The molecule has 1 unspecified atom stereocenters. The monoisotopic (exact) mass is 181 g/mol. The Morgan fingerprint density at radius 1 is 1.38 bits per heavy atom. The fraction of sp³-hybridized carbons (Fsp3) is 0.400. The maximum Gasteiger partial charge on any atom is 0.220 e. The Kier molecular flexibility index (Phi) is 3.28. The highest BCUT2D eigenvalue weighted by Gasteiger charge is 2.24. The van der Waals surface area contributed by atoms with Crippen LogP contribution in [0.15, 0.2) is 30.3 Å². The molecule has 0 saturated carbocycles. The Balaban J connectivity index is 2.68. The van der Waals surface area contributed by atoms with Gasteiger partial charge in [0.15, 0.2) is 0 Å². The number of nitrogens with two attached hydrogens (primary N) is 1. The zero-order valence-electron chi connectivity index (χ0n) is 7.73. The van der Waals surface area contributed by atoms with Gasteiger partial charge in [-0.15, -0.1) is 0 Å². The van der Waals surface area contributed by atoms with Crippen LogP contribution in [0.2, 0.25) is 0 Å². The van der Waals surface area contributed by atoms with E-state index >= 15 is 0 Å². The fourth-order valence-corrected chi connectivity index (χ4v) is 0.966. The molecule has 0 aliphatic rings. The molecule has 0 aliphatic carbocycles. The third-order valence-electron chi connectivity index (χ3n) is 1.92. The molecule has 0 aliphatic heterocycles. The van der Waals surface area contributed by atoms with E-state index in [2.05, 4.69) is 0 Å². The molecule has 3 N–H and O–H groups in total. The van der Waals surface area contributed by atoms with E-state index in [0.717, 1.165) is 0 Å². The Bertz CT molecular complexity index is 244. The summed E-state index contributed by atoms with van der Waals surface area (Å²) < 4.78 is 5.33. The van der Waals surface area contributed by atoms with Crippen LogP contribution in [-0.2, 0) is 0 Å². The molecule has 72 valence electrons. The minimum atomic E-state index is -1.23. The van der Waals surface area contributed by atoms with Crippen LogP contribution < -0.4 is 10.5 Å². The summed E-state index contributed by atoms with van der Waals surface area (Å²) in [5, 5.41) is 9.73. The van der Waals surface area contributed by atoms with Gasteiger partial charge in [0.1, 0.15) is 5.75 Å². The maximum absolute atomic E-state index is 9.73. The molecule has 0 bridgehead atoms. The van der Waals surface area contributed by atoms with Crippen molar-refractivity contribution < 1.29 is 9.84 Å². The lowest BCUT2D eigenvalue weighted by molar-refractivity contribution is -0.130. The third-order valence-corrected chi connectivity index (χ3v) is 1.92. The lowest BCUT2D eigenvalue weighted by Gasteiger charge is -2.26. The smallest absolute Gasteiger partial charge is 0.220 e. The topological polar surface area (TPSA) is 55.5 Å². The van der Waals surface area contributed by atoms with Crippen LogP contribution in [0.5, 0.6) is 5.75 Å². The molecule has 3 heteroatoms. The van der Waals surface area contributed by atoms with Crippen LogP contribution in [0.1, 0.15) is 13.3 Å². The van der Waals surface area contributed by atoms with Gasteiger partial charge in [-0.3, -0.25) is 0 Å². The molecule has 0 radical (unpaired) electrons. The molecule has 3 nitrogen and oxygen atoms in total. The highest BCUT2D eigenvalue weighted by Crippen LogP contribution is 2.17. The predicted octanol–water partition coefficient (Wildman–Crippen LogP) is 1.12. The number of ether oxygens (including phenoxy) is 1. The van der Waals surface area contributed by atoms with Crippen molar-refractivity contribution in [1.82, 2.24) is 0 Å². The van der Waals surface area contributed by atoms with Crippen LogP contribution in [0.25, 0.3) is 0 Å². The molecule has 0 spiro atoms. The summed E-state index contributed by atoms with van der Waals surface area (Å²) >= 11 is 0. The van der Waals surface area contributed by atoms with E-state index in [1.54, 1.807) is 12.1 Å². The van der Waals surface area contributed by atoms with Gasteiger partial charge in [0.25, 0.3) is 0 Å². The Labute approximate surface area is 78.1 Å². The van der Waals surface area contributed by atoms with Gasteiger partial charge in [-0.1, -0.05) is 25.1 Å². The summed E-state index contributed by atoms with van der Waals surface area (Å²) in [7, 11) is 0. The summed E-state index contributed by atoms with van der Waals surface area (Å²) in [6, 6.07) is 9.16. The van der Waals surface area contributed by atoms with Gasteiger partial charge in [0.05, 0.1) is 6.54 Å². The Hall–Kier alpha value is -1.06. The van der Waals surface area contributed by atoms with E-state index in [-0.39, 0.29) is 6.54 Å². The molecule has 0 heterocycles. The standard InChI is InChI=1S/C10H15NO2/c1-2-10(12,8-11)13-9-6-4-3-5-7-9/h3-7,12H,2,8,11H2,1H3. The first-order chi connectivity index (χ1) is 6.20. The van der Waals surface area contributed by atoms with Crippen molar-refractivity contribution in [1.29, 1.82) is 0 Å². The largest absolute Gasteiger partial charge is 0.461 e. The molecule has 1 rings (SSSR count). The highest BCUT2D eigenvalue weighted by atomic mass is 16.6. The zero-order chi connectivity index (χ0) is 9.73. The molecule has 1 aromatic rings. The van der Waals surface area contributed by atoms with Gasteiger partial charge in [-0.05, 0) is 12.1 Å². The van der Waals surface area contributed by atoms with E-state index in [0.29, 0.717) is 12.2 Å². The number of rotatable bonds is 4. The molecule has 1 atom stereocenters. The summed E-state index contributed by atoms with van der Waals surface area (Å²) in [5.74, 6) is -0.598. The fourth-order valence-electron chi connectivity index (χ4n) is 0.966. The normalized spacial score (nSPS) is 15.0. The van der Waals surface area contributed by atoms with Crippen LogP contribution in [0.4, 0.5) is 0 Å². The van der Waals surface area contributed by atoms with E-state index in [1.807, 2.05) is 25.1 Å². The molecule has 0 fully saturated rings. The second kappa shape index (κ2) is 4.25. The summed E-state index contributed by atoms with van der Waals surface area (Å²) in [5.41, 5.74) is 5.39. The lowest BCUT2D eigenvalue weighted by Crippen LogP contribution is -2.42. The lowest BCUT2D eigenvalue weighted by atomic mass is 10.2. The van der Waals surface area contributed by atoms with Gasteiger partial charge in [-0.25, -0.2) is 0 Å². The van der Waals surface area contributed by atoms with E-state index in [4.69, 9.17) is 10.5 Å². The number of hydrogen-bond donors (Lipinski definition) is 2. The number of aliphatic hydroxyl groups is 1. The molecule has 13 heavy (non-hydrogen) atoms. The average molecular weight is 181 g/mol. The van der Waals surface area contributed by atoms with E-state index in [9.17, 15) is 5.11 Å². The first-order valence-corrected chi connectivity index (χ1v) is 4.37. The number of benzene rings is 1. The van der Waals surface area contributed by atoms with Crippen molar-refractivity contribution in [3.8, 4) is 5.75 Å². The first-order valence-electron chi connectivity index (χ1n) is 4.37. The molecule has 0 aromatic heterocycles. The highest BCUT2D eigenvalue weighted by molar-refractivity contribution is 5.21. The van der Waals surface area contributed by atoms with Crippen molar-refractivity contribution in [2.75, 3.05) is 6.54 Å². The van der Waals surface area contributed by atoms with Crippen molar-refractivity contribution in [2.24, 2.45) is 5.73 Å². The number of hydrogen-bond acceptors (Lipinski definition) is 3. The van der Waals surface area contributed by atoms with Crippen LogP contribution >= 0.6 is 0 Å². The van der Waals surface area contributed by atoms with Crippen LogP contribution in [0, 0.1) is 0 Å². The summed E-state index contributed by atoms with van der Waals surface area (Å²) in [4.78, 5) is 0. The maximum atomic E-state index is 9.73. The SMILES string of the molecule is CCC(O)(CN)Oc1ccccc1. The van der Waals surface area contributed by atoms with Crippen molar-refractivity contribution in [3.63, 3.8) is 0 Å². The van der Waals surface area contributed by atoms with Crippen molar-refractivity contribution >= 4 is 0 Å². The second-order valence-electron chi connectivity index (χ2n) is 2.92. The first kappa shape index (κ1) is 10.0. The van der Waals surface area contributed by atoms with Gasteiger partial charge < -0.3 is 15.6 Å². The Morgan fingerprint density at radius 2 is 2.00 bits per heavy atom. The van der Waals surface area contributed by atoms with Gasteiger partial charge in [0, 0.05) is 6.42 Å². The van der Waals surface area contributed by atoms with Gasteiger partial charge in [-0.2, -0.15) is 0 Å². The minimum absolute atomic E-state index is 0.0956. The summed E-state index contributed by atoms with van der Waals surface area (Å²) in [6.45, 7) is 1.92. The van der Waals surface area contributed by atoms with Crippen molar-refractivity contribution in [3.05, 3.63) is 30.3 Å². The van der Waals surface area contributed by atoms with Gasteiger partial charge in [0.2, 0.25) is 5.79 Å². The summed E-state index contributed by atoms with van der Waals surface area (Å²) in [6.07, 6.45) is 0.471. The molecular weight excluding hydrogens is 166 g/mol. The van der Waals surface area contributed by atoms with Crippen molar-refractivity contribution in [2.45, 2.75) is 19.1 Å². The molecule has 0 amide bonds.